The van der Waals surface area contributed by atoms with Gasteiger partial charge in [0.15, 0.2) is 0 Å². The molecule has 1 atom stereocenters. The smallest absolute Gasteiger partial charge is 0.103 e. The Morgan fingerprint density at radius 2 is 1.59 bits per heavy atom. The van der Waals surface area contributed by atoms with E-state index < -0.39 is 0 Å². The van der Waals surface area contributed by atoms with E-state index in [1.54, 1.807) is 0 Å². The van der Waals surface area contributed by atoms with Gasteiger partial charge in [0.1, 0.15) is 6.17 Å². The van der Waals surface area contributed by atoms with Crippen molar-refractivity contribution in [2.45, 2.75) is 52.1 Å². The number of rotatable bonds is 11. The lowest BCUT2D eigenvalue weighted by Crippen LogP contribution is -2.32. The Bertz CT molecular complexity index is 863. The van der Waals surface area contributed by atoms with Crippen LogP contribution in [-0.2, 0) is 0 Å². The van der Waals surface area contributed by atoms with Crippen LogP contribution in [0.4, 0.5) is 5.69 Å². The molecule has 34 heavy (non-hydrogen) atoms. The predicted octanol–water partition coefficient (Wildman–Crippen LogP) is 5.39. The molecule has 0 heterocycles. The number of allylic oxidation sites excluding steroid dienone is 2. The Balaban J connectivity index is 0.000000248. The Kier molecular flexibility index (Phi) is 12.3. The highest BCUT2D eigenvalue weighted by Crippen LogP contribution is 2.32. The van der Waals surface area contributed by atoms with E-state index in [-0.39, 0.29) is 6.17 Å². The van der Waals surface area contributed by atoms with E-state index in [9.17, 15) is 0 Å². The number of hydrogen-bond donors (Lipinski definition) is 3. The molecule has 3 rings (SSSR count). The molecule has 1 unspecified atom stereocenters. The fourth-order valence-corrected chi connectivity index (χ4v) is 4.29. The van der Waals surface area contributed by atoms with E-state index in [1.165, 1.54) is 36.2 Å². The fraction of sp³-hybridized carbons (Fsp3) is 0.448. The lowest BCUT2D eigenvalue weighted by molar-refractivity contribution is 0.294. The molecule has 0 amide bonds. The van der Waals surface area contributed by atoms with Crippen LogP contribution < -0.4 is 21.7 Å². The summed E-state index contributed by atoms with van der Waals surface area (Å²) in [7, 11) is 2.04. The molecular formula is C29H45N5. The van der Waals surface area contributed by atoms with Crippen molar-refractivity contribution in [3.8, 4) is 0 Å². The van der Waals surface area contributed by atoms with Crippen LogP contribution in [0.1, 0.15) is 57.7 Å². The molecule has 186 valence electrons. The molecule has 0 aromatic heterocycles. The van der Waals surface area contributed by atoms with Crippen LogP contribution in [0.2, 0.25) is 0 Å². The number of hydrogen-bond acceptors (Lipinski definition) is 5. The molecule has 2 aromatic carbocycles. The average Bonchev–Trinajstić information content (AvgIpc) is 2.89. The molecule has 0 saturated carbocycles. The summed E-state index contributed by atoms with van der Waals surface area (Å²) in [4.78, 5) is 4.53. The molecule has 1 aliphatic carbocycles. The first kappa shape index (κ1) is 27.5. The number of benzene rings is 2. The fourth-order valence-electron chi connectivity index (χ4n) is 4.29. The van der Waals surface area contributed by atoms with Gasteiger partial charge in [0.05, 0.1) is 0 Å². The van der Waals surface area contributed by atoms with E-state index in [4.69, 9.17) is 11.5 Å². The highest BCUT2D eigenvalue weighted by molar-refractivity contribution is 5.45. The van der Waals surface area contributed by atoms with Crippen LogP contribution in [0.5, 0.6) is 0 Å². The van der Waals surface area contributed by atoms with Gasteiger partial charge in [0.25, 0.3) is 0 Å². The van der Waals surface area contributed by atoms with Crippen LogP contribution in [0.3, 0.4) is 0 Å². The number of nitrogens with one attached hydrogen (secondary N) is 1. The normalized spacial score (nSPS) is 14.1. The van der Waals surface area contributed by atoms with E-state index in [0.717, 1.165) is 44.6 Å². The van der Waals surface area contributed by atoms with Gasteiger partial charge in [-0.25, -0.2) is 0 Å². The largest absolute Gasteiger partial charge is 0.399 e. The lowest BCUT2D eigenvalue weighted by atomic mass is 9.93. The Morgan fingerprint density at radius 1 is 0.971 bits per heavy atom. The summed E-state index contributed by atoms with van der Waals surface area (Å²) in [5, 5.41) is 3.43. The van der Waals surface area contributed by atoms with Crippen LogP contribution in [0.25, 0.3) is 0 Å². The maximum atomic E-state index is 6.35. The maximum absolute atomic E-state index is 6.35. The van der Waals surface area contributed by atoms with Crippen molar-refractivity contribution in [1.29, 1.82) is 0 Å². The minimum absolute atomic E-state index is 0.136. The van der Waals surface area contributed by atoms with Crippen molar-refractivity contribution in [2.24, 2.45) is 11.5 Å². The molecule has 5 nitrogen and oxygen atoms in total. The third kappa shape index (κ3) is 8.54. The van der Waals surface area contributed by atoms with Gasteiger partial charge in [0.2, 0.25) is 0 Å². The summed E-state index contributed by atoms with van der Waals surface area (Å²) in [6, 6.07) is 20.7. The number of anilines is 1. The Labute approximate surface area is 207 Å². The molecule has 0 bridgehead atoms. The van der Waals surface area contributed by atoms with Crippen LogP contribution in [0, 0.1) is 0 Å². The van der Waals surface area contributed by atoms with Crippen molar-refractivity contribution < 1.29 is 0 Å². The van der Waals surface area contributed by atoms with Crippen LogP contribution in [0.15, 0.2) is 84.2 Å². The van der Waals surface area contributed by atoms with E-state index in [0.29, 0.717) is 5.70 Å². The Hall–Kier alpha value is -2.76. The third-order valence-electron chi connectivity index (χ3n) is 6.30. The minimum atomic E-state index is -0.136. The summed E-state index contributed by atoms with van der Waals surface area (Å²) in [6.07, 6.45) is 5.49. The summed E-state index contributed by atoms with van der Waals surface area (Å²) in [5.41, 5.74) is 17.8. The van der Waals surface area contributed by atoms with Crippen LogP contribution in [-0.4, -0.2) is 38.1 Å². The Morgan fingerprint density at radius 3 is 2.18 bits per heavy atom. The minimum Gasteiger partial charge on any atom is -0.399 e. The molecule has 0 aliphatic heterocycles. The zero-order valence-corrected chi connectivity index (χ0v) is 21.5. The highest BCUT2D eigenvalue weighted by atomic mass is 15.2. The zero-order valence-electron chi connectivity index (χ0n) is 21.5. The second-order valence-electron chi connectivity index (χ2n) is 8.79. The van der Waals surface area contributed by atoms with Crippen molar-refractivity contribution in [1.82, 2.24) is 10.2 Å². The van der Waals surface area contributed by atoms with Gasteiger partial charge in [0, 0.05) is 43.8 Å². The van der Waals surface area contributed by atoms with Gasteiger partial charge >= 0.3 is 0 Å². The van der Waals surface area contributed by atoms with E-state index >= 15 is 0 Å². The van der Waals surface area contributed by atoms with Crippen molar-refractivity contribution in [3.63, 3.8) is 0 Å². The summed E-state index contributed by atoms with van der Waals surface area (Å²) in [5.74, 6) is 0. The van der Waals surface area contributed by atoms with Gasteiger partial charge in [-0.1, -0.05) is 62.0 Å². The molecule has 0 spiro atoms. The van der Waals surface area contributed by atoms with Crippen molar-refractivity contribution in [2.75, 3.05) is 38.1 Å². The second-order valence-corrected chi connectivity index (χ2v) is 8.79. The first-order valence-corrected chi connectivity index (χ1v) is 12.7. The molecule has 2 aromatic rings. The zero-order chi connectivity index (χ0) is 24.8. The highest BCUT2D eigenvalue weighted by Gasteiger charge is 2.21. The first-order valence-electron chi connectivity index (χ1n) is 12.7. The van der Waals surface area contributed by atoms with Gasteiger partial charge in [-0.3, -0.25) is 0 Å². The number of likely N-dealkylation sites (N-methyl/N-ethyl adjacent to an activating group) is 1. The summed E-state index contributed by atoms with van der Waals surface area (Å²) in [6.45, 7) is 12.6. The van der Waals surface area contributed by atoms with E-state index in [1.807, 2.05) is 25.2 Å². The van der Waals surface area contributed by atoms with Gasteiger partial charge < -0.3 is 26.6 Å². The molecule has 0 fully saturated rings. The standard InChI is InChI=1S/C16H23N3.C13H22N2/c1-12(17)14-10-6-7-11-15(14)19(2)16(18)13-8-4-3-5-9-13;1-3-10-14-11-12-15(4-2)13-8-6-5-7-9-13/h3-5,8-9,16H,1,6-7,10-11,17-18H2,2H3;5-9,14H,3-4,10-12H2,1-2H3. The van der Waals surface area contributed by atoms with Gasteiger partial charge in [-0.05, 0) is 68.8 Å². The molecule has 0 radical (unpaired) electrons. The quantitative estimate of drug-likeness (QED) is 0.308. The molecule has 1 aliphatic rings. The summed E-state index contributed by atoms with van der Waals surface area (Å²) >= 11 is 0. The van der Waals surface area contributed by atoms with Crippen molar-refractivity contribution in [3.05, 3.63) is 89.8 Å². The molecule has 0 saturated heterocycles. The van der Waals surface area contributed by atoms with Crippen molar-refractivity contribution >= 4 is 5.69 Å². The number of nitrogens with two attached hydrogens (primary N) is 2. The number of nitrogens with zero attached hydrogens (tertiary/aromatic N) is 2. The van der Waals surface area contributed by atoms with Crippen LogP contribution >= 0.6 is 0 Å². The predicted molar refractivity (Wildman–Crippen MR) is 147 cm³/mol. The van der Waals surface area contributed by atoms with Gasteiger partial charge in [-0.2, -0.15) is 0 Å². The SMILES string of the molecule is C=C(N)C1=C(N(C)C(N)c2ccccc2)CCCC1.CCCNCCN(CC)c1ccccc1. The lowest BCUT2D eigenvalue weighted by Gasteiger charge is -2.34. The maximum Gasteiger partial charge on any atom is 0.103 e. The molecule has 5 N–H and O–H groups in total. The number of para-hydroxylation sites is 1. The monoisotopic (exact) mass is 463 g/mol. The van der Waals surface area contributed by atoms with E-state index in [2.05, 4.69) is 78.0 Å². The summed E-state index contributed by atoms with van der Waals surface area (Å²) < 4.78 is 0. The average molecular weight is 464 g/mol. The second kappa shape index (κ2) is 15.2. The topological polar surface area (TPSA) is 70.5 Å². The van der Waals surface area contributed by atoms with Gasteiger partial charge in [-0.15, -0.1) is 0 Å². The molecule has 5 heteroatoms. The first-order chi connectivity index (χ1) is 16.5. The molecular weight excluding hydrogens is 418 g/mol. The third-order valence-corrected chi connectivity index (χ3v) is 6.30.